The summed E-state index contributed by atoms with van der Waals surface area (Å²) in [5.74, 6) is -30.6. The van der Waals surface area contributed by atoms with Crippen molar-refractivity contribution in [2.75, 3.05) is 26.2 Å². The number of quaternary nitrogens is 1. The minimum Gasteiger partial charge on any atom is -0.746 e. The molecule has 220 valence electrons. The van der Waals surface area contributed by atoms with Gasteiger partial charge in [0.2, 0.25) is 6.17 Å². The van der Waals surface area contributed by atoms with Crippen molar-refractivity contribution in [2.45, 2.75) is 81.8 Å². The zero-order valence-electron chi connectivity index (χ0n) is 19.1. The lowest BCUT2D eigenvalue weighted by molar-refractivity contribution is -0.921. The Kier molecular flexibility index (Phi) is 13.0. The molecule has 0 rings (SSSR count). The fraction of sp³-hybridized carbons (Fsp3) is 1.00. The molecule has 0 aliphatic rings. The highest BCUT2D eigenvalue weighted by Gasteiger charge is 2.85. The van der Waals surface area contributed by atoms with Gasteiger partial charge in [0.1, 0.15) is 10.1 Å². The molecule has 0 aliphatic heterocycles. The zero-order chi connectivity index (χ0) is 29.7. The number of alkyl halides is 14. The number of hydrogen-bond acceptors (Lipinski definition) is 3. The third-order valence-corrected chi connectivity index (χ3v) is 6.43. The molecular weight excluding hydrogens is 564 g/mol. The summed E-state index contributed by atoms with van der Waals surface area (Å²) in [5.41, 5.74) is -5.75. The molecule has 0 saturated heterocycles. The van der Waals surface area contributed by atoms with Crippen LogP contribution >= 0.6 is 0 Å². The summed E-state index contributed by atoms with van der Waals surface area (Å²) in [5, 5.41) is 0. The van der Waals surface area contributed by atoms with Crippen LogP contribution in [-0.2, 0) is 10.1 Å². The van der Waals surface area contributed by atoms with Crippen molar-refractivity contribution in [1.82, 2.24) is 0 Å². The molecule has 4 unspecified atom stereocenters. The monoisotopic (exact) mass is 589 g/mol. The van der Waals surface area contributed by atoms with Crippen LogP contribution in [0.4, 0.5) is 61.5 Å². The average molecular weight is 589 g/mol. The summed E-state index contributed by atoms with van der Waals surface area (Å²) in [6.45, 7) is 14.2. The first-order chi connectivity index (χ1) is 15.8. The van der Waals surface area contributed by atoms with Crippen molar-refractivity contribution in [2.24, 2.45) is 0 Å². The number of hydrogen-bond donors (Lipinski definition) is 0. The van der Waals surface area contributed by atoms with Gasteiger partial charge in [-0.1, -0.05) is 0 Å². The van der Waals surface area contributed by atoms with E-state index >= 15 is 0 Å². The van der Waals surface area contributed by atoms with Gasteiger partial charge >= 0.3 is 23.7 Å². The summed E-state index contributed by atoms with van der Waals surface area (Å²) >= 11 is 0. The number of halogens is 14. The molecule has 0 aromatic carbocycles. The summed E-state index contributed by atoms with van der Waals surface area (Å²) < 4.78 is 210. The quantitative estimate of drug-likeness (QED) is 0.161. The Balaban J connectivity index is 0. The minimum atomic E-state index is -7.89. The molecule has 4 nitrogen and oxygen atoms in total. The van der Waals surface area contributed by atoms with Gasteiger partial charge in [0, 0.05) is 0 Å². The molecule has 0 amide bonds. The van der Waals surface area contributed by atoms with Crippen LogP contribution in [0.5, 0.6) is 0 Å². The van der Waals surface area contributed by atoms with Crippen LogP contribution in [0.15, 0.2) is 0 Å². The van der Waals surface area contributed by atoms with Gasteiger partial charge in [-0.3, -0.25) is 0 Å². The molecule has 0 N–H and O–H groups in total. The summed E-state index contributed by atoms with van der Waals surface area (Å²) in [6, 6.07) is 0. The van der Waals surface area contributed by atoms with Crippen LogP contribution in [0.3, 0.4) is 0 Å². The summed E-state index contributed by atoms with van der Waals surface area (Å²) in [4.78, 5) is 0. The normalized spacial score (nSPS) is 17.8. The van der Waals surface area contributed by atoms with E-state index in [4.69, 9.17) is 0 Å². The Bertz CT molecular complexity index is 759. The maximum atomic E-state index is 13.1. The largest absolute Gasteiger partial charge is 0.746 e. The second-order valence-corrected chi connectivity index (χ2v) is 8.83. The van der Waals surface area contributed by atoms with Crippen LogP contribution in [0, 0.1) is 0 Å². The lowest BCUT2D eigenvalue weighted by atomic mass is 9.93. The van der Waals surface area contributed by atoms with Crippen molar-refractivity contribution in [3.8, 4) is 0 Å². The van der Waals surface area contributed by atoms with Crippen LogP contribution in [0.2, 0.25) is 0 Å². The number of nitrogens with zero attached hydrogens (tertiary/aromatic N) is 1. The maximum Gasteiger partial charge on any atom is 0.382 e. The Labute approximate surface area is 198 Å². The minimum absolute atomic E-state index is 1.28. The summed E-state index contributed by atoms with van der Waals surface area (Å²) in [7, 11) is -7.16. The van der Waals surface area contributed by atoms with E-state index in [2.05, 4.69) is 27.7 Å². The second-order valence-electron chi connectivity index (χ2n) is 7.44. The molecule has 0 radical (unpaired) electrons. The molecular formula is C17H25F14NO3S. The van der Waals surface area contributed by atoms with E-state index in [0.29, 0.717) is 0 Å². The molecule has 0 aromatic heterocycles. The van der Waals surface area contributed by atoms with Crippen LogP contribution in [0.1, 0.15) is 27.7 Å². The highest BCUT2D eigenvalue weighted by molar-refractivity contribution is 7.86. The van der Waals surface area contributed by atoms with Crippen molar-refractivity contribution >= 4 is 10.1 Å². The molecule has 0 fully saturated rings. The fourth-order valence-electron chi connectivity index (χ4n) is 2.76. The molecule has 0 saturated carbocycles. The Morgan fingerprint density at radius 3 is 1.17 bits per heavy atom. The van der Waals surface area contributed by atoms with Crippen molar-refractivity contribution in [3.05, 3.63) is 0 Å². The first kappa shape index (κ1) is 37.0. The lowest BCUT2D eigenvalue weighted by Gasteiger charge is -2.39. The van der Waals surface area contributed by atoms with Crippen molar-refractivity contribution in [1.29, 1.82) is 0 Å². The smallest absolute Gasteiger partial charge is 0.382 e. The van der Waals surface area contributed by atoms with Gasteiger partial charge in [-0.05, 0) is 27.7 Å². The van der Waals surface area contributed by atoms with Crippen LogP contribution < -0.4 is 0 Å². The van der Waals surface area contributed by atoms with Crippen molar-refractivity contribution in [3.63, 3.8) is 0 Å². The van der Waals surface area contributed by atoms with Crippen LogP contribution in [-0.4, -0.2) is 97.8 Å². The molecule has 19 heteroatoms. The third-order valence-electron chi connectivity index (χ3n) is 5.62. The predicted octanol–water partition coefficient (Wildman–Crippen LogP) is 5.53. The second kappa shape index (κ2) is 12.6. The standard InChI is InChI=1S/C9H6F14O3S.C8H20N/c10-1(2(11)4(13)14)3(12)6(16,17)8(20,21)9(22,23)7(18,19)5(15)27(24,25)26;1-5-9(6-2,7-3)8-4/h1-5H,(H,24,25,26);5-8H2,1-4H3/q;+1/p-1. The van der Waals surface area contributed by atoms with E-state index in [1.807, 2.05) is 0 Å². The highest BCUT2D eigenvalue weighted by atomic mass is 32.2. The molecule has 0 spiro atoms. The zero-order valence-corrected chi connectivity index (χ0v) is 19.9. The maximum absolute atomic E-state index is 13.1. The van der Waals surface area contributed by atoms with E-state index in [1.54, 1.807) is 0 Å². The first-order valence-electron chi connectivity index (χ1n) is 9.98. The van der Waals surface area contributed by atoms with Gasteiger partial charge in [0.05, 0.1) is 26.2 Å². The molecule has 0 aromatic rings. The van der Waals surface area contributed by atoms with E-state index in [0.717, 1.165) is 0 Å². The van der Waals surface area contributed by atoms with Gasteiger partial charge < -0.3 is 9.04 Å². The fourth-order valence-corrected chi connectivity index (χ4v) is 3.27. The van der Waals surface area contributed by atoms with E-state index < -0.39 is 64.3 Å². The van der Waals surface area contributed by atoms with Crippen molar-refractivity contribution < 1.29 is 78.9 Å². The molecule has 0 aliphatic carbocycles. The lowest BCUT2D eigenvalue weighted by Crippen LogP contribution is -2.68. The number of rotatable bonds is 13. The Morgan fingerprint density at radius 2 is 0.944 bits per heavy atom. The predicted molar refractivity (Wildman–Crippen MR) is 97.5 cm³/mol. The Morgan fingerprint density at radius 1 is 0.639 bits per heavy atom. The SMILES string of the molecule is CC[N+](CC)(CC)CC.O=S(=O)([O-])C(F)C(F)(F)C(F)(F)C(F)(F)C(F)(F)C(F)C(F)C(F)C(F)F. The molecule has 36 heavy (non-hydrogen) atoms. The molecule has 0 bridgehead atoms. The first-order valence-corrected chi connectivity index (χ1v) is 11.4. The molecule has 4 atom stereocenters. The third kappa shape index (κ3) is 7.26. The van der Waals surface area contributed by atoms with Crippen LogP contribution in [0.25, 0.3) is 0 Å². The van der Waals surface area contributed by atoms with Gasteiger partial charge in [0.25, 0.3) is 11.9 Å². The van der Waals surface area contributed by atoms with Gasteiger partial charge in [0.15, 0.2) is 12.3 Å². The van der Waals surface area contributed by atoms with Gasteiger partial charge in [-0.2, -0.15) is 35.1 Å². The topological polar surface area (TPSA) is 57.2 Å². The average Bonchev–Trinajstić information content (AvgIpc) is 2.78. The van der Waals surface area contributed by atoms with E-state index in [9.17, 15) is 74.4 Å². The highest BCUT2D eigenvalue weighted by Crippen LogP contribution is 2.56. The van der Waals surface area contributed by atoms with E-state index in [-0.39, 0.29) is 0 Å². The Hall–Kier alpha value is -1.11. The van der Waals surface area contributed by atoms with E-state index in [1.165, 1.54) is 30.7 Å². The molecule has 0 heterocycles. The van der Waals surface area contributed by atoms with Gasteiger partial charge in [-0.25, -0.2) is 34.8 Å². The van der Waals surface area contributed by atoms with Gasteiger partial charge in [-0.15, -0.1) is 0 Å². The summed E-state index contributed by atoms with van der Waals surface area (Å²) in [6.07, 6.45) is -19.8.